The fraction of sp³-hybridized carbons (Fsp3) is 0. The van der Waals surface area contributed by atoms with Crippen LogP contribution in [0.15, 0.2) is 218 Å². The third-order valence-electron chi connectivity index (χ3n) is 13.2. The molecule has 0 saturated carbocycles. The lowest BCUT2D eigenvalue weighted by molar-refractivity contribution is 0.593. The van der Waals surface area contributed by atoms with E-state index in [9.17, 15) is 0 Å². The second kappa shape index (κ2) is 13.0. The van der Waals surface area contributed by atoms with Gasteiger partial charge in [0.05, 0.1) is 11.0 Å². The van der Waals surface area contributed by atoms with Crippen LogP contribution in [-0.4, -0.2) is 4.57 Å². The highest BCUT2D eigenvalue weighted by Gasteiger charge is 2.42. The summed E-state index contributed by atoms with van der Waals surface area (Å²) < 4.78 is 18.5. The molecule has 0 bridgehead atoms. The van der Waals surface area contributed by atoms with E-state index in [0.29, 0.717) is 0 Å². The van der Waals surface area contributed by atoms with E-state index in [-0.39, 0.29) is 0 Å². The summed E-state index contributed by atoms with van der Waals surface area (Å²) in [6.07, 6.45) is 0. The predicted molar refractivity (Wildman–Crippen MR) is 260 cm³/mol. The molecule has 1 aliphatic heterocycles. The van der Waals surface area contributed by atoms with Gasteiger partial charge in [0.25, 0.3) is 0 Å². The van der Waals surface area contributed by atoms with Gasteiger partial charge in [-0.05, 0) is 101 Å². The highest BCUT2D eigenvalue weighted by atomic mass is 31.2. The molecule has 3 heteroatoms. The SMILES string of the molecule is O=P1(c2ccccc2)c2ccccc2-c2ccc3c(c21)c1ccccc1n3-c1ccc2c(-c3cccc4ccccc34)c3ccccc3c(-c3cccc4ccccc34)c2c1. The van der Waals surface area contributed by atoms with Crippen molar-refractivity contribution in [2.24, 2.45) is 0 Å². The molecule has 1 aromatic heterocycles. The number of hydrogen-bond donors (Lipinski definition) is 0. The molecule has 61 heavy (non-hydrogen) atoms. The Kier molecular flexibility index (Phi) is 7.32. The van der Waals surface area contributed by atoms with E-state index in [0.717, 1.165) is 54.5 Å². The second-order valence-electron chi connectivity index (χ2n) is 16.2. The minimum atomic E-state index is -3.24. The second-order valence-corrected chi connectivity index (χ2v) is 18.9. The van der Waals surface area contributed by atoms with Gasteiger partial charge in [-0.25, -0.2) is 0 Å². The van der Waals surface area contributed by atoms with E-state index in [2.05, 4.69) is 187 Å². The normalized spacial score (nSPS) is 14.7. The molecule has 0 saturated heterocycles. The molecule has 0 radical (unpaired) electrons. The minimum Gasteiger partial charge on any atom is -0.309 e. The van der Waals surface area contributed by atoms with Crippen molar-refractivity contribution < 1.29 is 4.57 Å². The molecule has 0 amide bonds. The summed E-state index contributed by atoms with van der Waals surface area (Å²) in [7, 11) is -3.24. The zero-order valence-corrected chi connectivity index (χ0v) is 34.0. The minimum absolute atomic E-state index is 0.865. The van der Waals surface area contributed by atoms with Crippen molar-refractivity contribution in [2.45, 2.75) is 0 Å². The standard InChI is InChI=1S/C58H36NOP/c60-61(40-20-2-1-3-21-40)54-31-13-11-24-43(54)49-34-35-53-57(58(49)61)50-27-10-12-30-52(50)59(53)39-32-33-48-51(36-39)56(45-29-15-19-38-17-5-7-23-42(38)45)47-26-9-8-25-46(47)55(48)44-28-14-18-37-16-4-6-22-41(37)44/h1-36H. The van der Waals surface area contributed by atoms with Crippen LogP contribution in [0.3, 0.4) is 0 Å². The Labute approximate surface area is 353 Å². The van der Waals surface area contributed by atoms with Crippen LogP contribution in [0.1, 0.15) is 0 Å². The highest BCUT2D eigenvalue weighted by Crippen LogP contribution is 2.55. The number of para-hydroxylation sites is 1. The summed E-state index contributed by atoms with van der Waals surface area (Å²) in [5.41, 5.74) is 10.2. The van der Waals surface area contributed by atoms with Gasteiger partial charge in [-0.2, -0.15) is 0 Å². The van der Waals surface area contributed by atoms with Crippen molar-refractivity contribution >= 4 is 88.0 Å². The molecule has 1 aliphatic rings. The Morgan fingerprint density at radius 3 is 1.57 bits per heavy atom. The topological polar surface area (TPSA) is 22.0 Å². The van der Waals surface area contributed by atoms with E-state index >= 15 is 4.57 Å². The molecule has 284 valence electrons. The first-order valence-corrected chi connectivity index (χ1v) is 22.7. The Hall–Kier alpha value is -7.51. The van der Waals surface area contributed by atoms with Crippen LogP contribution in [0.25, 0.3) is 104 Å². The molecule has 2 heterocycles. The van der Waals surface area contributed by atoms with Gasteiger partial charge in [0.2, 0.25) is 0 Å². The summed E-state index contributed by atoms with van der Waals surface area (Å²) in [4.78, 5) is 0. The number of fused-ring (bicyclic) bond motifs is 11. The molecule has 12 aromatic rings. The van der Waals surface area contributed by atoms with Crippen molar-refractivity contribution in [1.29, 1.82) is 0 Å². The number of nitrogens with zero attached hydrogens (tertiary/aromatic N) is 1. The average Bonchev–Trinajstić information content (AvgIpc) is 3.80. The number of rotatable bonds is 4. The molecule has 11 aromatic carbocycles. The van der Waals surface area contributed by atoms with Gasteiger partial charge in [0.1, 0.15) is 0 Å². The van der Waals surface area contributed by atoms with Crippen LogP contribution in [0.2, 0.25) is 0 Å². The first-order chi connectivity index (χ1) is 30.2. The van der Waals surface area contributed by atoms with Crippen molar-refractivity contribution in [3.63, 3.8) is 0 Å². The number of aromatic nitrogens is 1. The van der Waals surface area contributed by atoms with E-state index < -0.39 is 7.14 Å². The molecule has 0 fully saturated rings. The summed E-state index contributed by atoms with van der Waals surface area (Å²) in [6, 6.07) is 78.4. The van der Waals surface area contributed by atoms with Crippen molar-refractivity contribution in [1.82, 2.24) is 4.57 Å². The van der Waals surface area contributed by atoms with Gasteiger partial charge in [-0.3, -0.25) is 0 Å². The van der Waals surface area contributed by atoms with Crippen molar-refractivity contribution in [2.75, 3.05) is 0 Å². The summed E-state index contributed by atoms with van der Waals surface area (Å²) in [5, 5.41) is 14.6. The van der Waals surface area contributed by atoms with Crippen LogP contribution in [0, 0.1) is 0 Å². The quantitative estimate of drug-likeness (QED) is 0.128. The van der Waals surface area contributed by atoms with Gasteiger partial charge < -0.3 is 9.13 Å². The number of benzene rings is 11. The first kappa shape index (κ1) is 34.4. The summed E-state index contributed by atoms with van der Waals surface area (Å²) >= 11 is 0. The maximum atomic E-state index is 16.1. The third-order valence-corrected chi connectivity index (χ3v) is 16.4. The van der Waals surface area contributed by atoms with Crippen LogP contribution in [0.5, 0.6) is 0 Å². The lowest BCUT2D eigenvalue weighted by atomic mass is 9.83. The fourth-order valence-electron chi connectivity index (χ4n) is 10.6. The van der Waals surface area contributed by atoms with Gasteiger partial charge >= 0.3 is 0 Å². The molecule has 0 spiro atoms. The van der Waals surface area contributed by atoms with Crippen LogP contribution in [-0.2, 0) is 4.57 Å². The Morgan fingerprint density at radius 2 is 0.869 bits per heavy atom. The predicted octanol–water partition coefficient (Wildman–Crippen LogP) is 14.4. The fourth-order valence-corrected chi connectivity index (χ4v) is 13.9. The average molecular weight is 794 g/mol. The van der Waals surface area contributed by atoms with Crippen molar-refractivity contribution in [3.8, 4) is 39.1 Å². The highest BCUT2D eigenvalue weighted by molar-refractivity contribution is 7.86. The Morgan fingerprint density at radius 1 is 0.344 bits per heavy atom. The van der Waals surface area contributed by atoms with Gasteiger partial charge in [0, 0.05) is 32.4 Å². The molecule has 0 N–H and O–H groups in total. The van der Waals surface area contributed by atoms with Crippen LogP contribution in [0.4, 0.5) is 0 Å². The van der Waals surface area contributed by atoms with Gasteiger partial charge in [0.15, 0.2) is 7.14 Å². The Balaban J connectivity index is 1.18. The molecule has 1 atom stereocenters. The van der Waals surface area contributed by atoms with Crippen LogP contribution >= 0.6 is 7.14 Å². The maximum absolute atomic E-state index is 16.1. The molecule has 0 aliphatic carbocycles. The molecule has 13 rings (SSSR count). The molecular formula is C58H36NOP. The number of hydrogen-bond acceptors (Lipinski definition) is 1. The van der Waals surface area contributed by atoms with Crippen LogP contribution < -0.4 is 15.9 Å². The monoisotopic (exact) mass is 793 g/mol. The van der Waals surface area contributed by atoms with E-state index in [1.54, 1.807) is 0 Å². The van der Waals surface area contributed by atoms with Gasteiger partial charge in [-0.1, -0.05) is 194 Å². The van der Waals surface area contributed by atoms with E-state index in [4.69, 9.17) is 0 Å². The third kappa shape index (κ3) is 4.77. The molecule has 1 unspecified atom stereocenters. The Bertz CT molecular complexity index is 3850. The molecular weight excluding hydrogens is 758 g/mol. The van der Waals surface area contributed by atoms with E-state index in [1.807, 2.05) is 36.4 Å². The summed E-state index contributed by atoms with van der Waals surface area (Å²) in [5.74, 6) is 0. The van der Waals surface area contributed by atoms with E-state index in [1.165, 1.54) is 65.3 Å². The lowest BCUT2D eigenvalue weighted by Crippen LogP contribution is -2.21. The maximum Gasteiger partial charge on any atom is 0.172 e. The zero-order valence-electron chi connectivity index (χ0n) is 33.1. The zero-order chi connectivity index (χ0) is 40.2. The first-order valence-electron chi connectivity index (χ1n) is 21.0. The summed E-state index contributed by atoms with van der Waals surface area (Å²) in [6.45, 7) is 0. The smallest absolute Gasteiger partial charge is 0.172 e. The largest absolute Gasteiger partial charge is 0.309 e. The molecule has 2 nitrogen and oxygen atoms in total. The van der Waals surface area contributed by atoms with Gasteiger partial charge in [-0.15, -0.1) is 0 Å². The van der Waals surface area contributed by atoms with Crippen molar-refractivity contribution in [3.05, 3.63) is 218 Å². The lowest BCUT2D eigenvalue weighted by Gasteiger charge is -2.21.